The van der Waals surface area contributed by atoms with Crippen molar-refractivity contribution in [3.8, 4) is 6.07 Å². The molecule has 194 valence electrons. The summed E-state index contributed by atoms with van der Waals surface area (Å²) in [7, 11) is 1.99. The summed E-state index contributed by atoms with van der Waals surface area (Å²) in [6, 6.07) is 12.8. The number of hydrogen-bond acceptors (Lipinski definition) is 6. The van der Waals surface area contributed by atoms with E-state index in [1.165, 1.54) is 12.1 Å². The number of nitrogens with zero attached hydrogens (tertiary/aromatic N) is 5. The maximum atomic E-state index is 13.8. The predicted octanol–water partition coefficient (Wildman–Crippen LogP) is 5.62. The van der Waals surface area contributed by atoms with E-state index in [-0.39, 0.29) is 11.4 Å². The van der Waals surface area contributed by atoms with Crippen molar-refractivity contribution in [3.05, 3.63) is 76.5 Å². The fourth-order valence-corrected chi connectivity index (χ4v) is 4.67. The van der Waals surface area contributed by atoms with Crippen LogP contribution in [-0.2, 0) is 5.44 Å². The van der Waals surface area contributed by atoms with E-state index in [1.54, 1.807) is 18.3 Å². The first kappa shape index (κ1) is 26.0. The van der Waals surface area contributed by atoms with Crippen molar-refractivity contribution >= 4 is 41.7 Å². The zero-order valence-corrected chi connectivity index (χ0v) is 22.9. The van der Waals surface area contributed by atoms with Gasteiger partial charge < -0.3 is 10.6 Å². The van der Waals surface area contributed by atoms with Gasteiger partial charge in [-0.15, -0.1) is 5.10 Å². The van der Waals surface area contributed by atoms with Crippen molar-refractivity contribution in [1.82, 2.24) is 20.0 Å². The highest BCUT2D eigenvalue weighted by Crippen LogP contribution is 2.39. The van der Waals surface area contributed by atoms with E-state index in [2.05, 4.69) is 59.7 Å². The van der Waals surface area contributed by atoms with Crippen LogP contribution in [0.3, 0.4) is 0 Å². The van der Waals surface area contributed by atoms with Gasteiger partial charge in [0.1, 0.15) is 25.4 Å². The third-order valence-corrected chi connectivity index (χ3v) is 7.98. The van der Waals surface area contributed by atoms with E-state index < -0.39 is 5.44 Å². The molecule has 0 saturated heterocycles. The number of anilines is 2. The number of fused-ring (bicyclic) bond motifs is 1. The molecule has 0 spiro atoms. The van der Waals surface area contributed by atoms with Gasteiger partial charge in [-0.2, -0.15) is 5.26 Å². The summed E-state index contributed by atoms with van der Waals surface area (Å²) in [6.45, 7) is 8.46. The molecule has 1 unspecified atom stereocenters. The summed E-state index contributed by atoms with van der Waals surface area (Å²) in [5.74, 6) is -0.0186. The number of nitrogens with one attached hydrogen (secondary N) is 2. The maximum Gasteiger partial charge on any atom is 0.148 e. The topological polar surface area (TPSA) is 91.5 Å². The fraction of sp³-hybridized carbons (Fsp3) is 0.357. The molecule has 7 nitrogen and oxygen atoms in total. The average Bonchev–Trinajstić information content (AvgIpc) is 3.60. The Hall–Kier alpha value is -3.64. The van der Waals surface area contributed by atoms with Gasteiger partial charge >= 0.3 is 0 Å². The lowest BCUT2D eigenvalue weighted by Gasteiger charge is -2.33. The van der Waals surface area contributed by atoms with Gasteiger partial charge in [-0.25, -0.2) is 9.07 Å². The molecule has 1 atom stereocenters. The summed E-state index contributed by atoms with van der Waals surface area (Å²) < 4.78 is 15.7. The summed E-state index contributed by atoms with van der Waals surface area (Å²) in [6.07, 6.45) is 5.67. The van der Waals surface area contributed by atoms with Gasteiger partial charge in [-0.1, -0.05) is 42.8 Å². The van der Waals surface area contributed by atoms with E-state index >= 15 is 0 Å². The van der Waals surface area contributed by atoms with Crippen LogP contribution in [0.4, 0.5) is 15.8 Å². The van der Waals surface area contributed by atoms with E-state index in [0.717, 1.165) is 23.8 Å². The minimum Gasteiger partial charge on any atom is -0.378 e. The molecule has 0 amide bonds. The zero-order chi connectivity index (χ0) is 27.2. The van der Waals surface area contributed by atoms with Gasteiger partial charge in [0, 0.05) is 22.8 Å². The van der Waals surface area contributed by atoms with Crippen LogP contribution in [0.25, 0.3) is 10.9 Å². The number of hydrogen-bond donors (Lipinski definition) is 2. The van der Waals surface area contributed by atoms with Crippen molar-refractivity contribution in [2.45, 2.75) is 57.6 Å². The molecule has 1 aliphatic carbocycles. The van der Waals surface area contributed by atoms with Gasteiger partial charge in [-0.3, -0.25) is 4.98 Å². The van der Waals surface area contributed by atoms with Crippen LogP contribution >= 0.6 is 11.6 Å². The molecule has 1 fully saturated rings. The van der Waals surface area contributed by atoms with Crippen LogP contribution in [-0.4, -0.2) is 33.4 Å². The Morgan fingerprint density at radius 1 is 1.18 bits per heavy atom. The third kappa shape index (κ3) is 4.81. The van der Waals surface area contributed by atoms with Crippen molar-refractivity contribution in [3.63, 3.8) is 0 Å². The van der Waals surface area contributed by atoms with Gasteiger partial charge in [-0.05, 0) is 62.4 Å². The second-order valence-corrected chi connectivity index (χ2v) is 11.5. The Morgan fingerprint density at radius 3 is 2.53 bits per heavy atom. The van der Waals surface area contributed by atoms with Crippen LogP contribution < -0.4 is 10.6 Å². The van der Waals surface area contributed by atoms with Crippen molar-refractivity contribution in [2.24, 2.45) is 5.92 Å². The van der Waals surface area contributed by atoms with E-state index in [9.17, 15) is 9.65 Å². The number of halogens is 2. The molecule has 4 aromatic rings. The molecule has 0 radical (unpaired) electrons. The van der Waals surface area contributed by atoms with Crippen LogP contribution in [0.5, 0.6) is 0 Å². The van der Waals surface area contributed by atoms with Gasteiger partial charge in [0.2, 0.25) is 0 Å². The third-order valence-electron chi connectivity index (χ3n) is 7.70. The Bertz CT molecular complexity index is 1540. The standard InChI is InChI=1S/C28H30BClFN7/c1-16(2)27(3,4)35-25-17(13-32)14-33-26-22(25)11-20(12-23(26)30)34-28(29,18-5-7-19(31)8-6-18)24-15-38(37-36-24)21-9-10-21/h5-8,11-12,14-16,21,34H,9-10,29H2,1-4H3,(H,33,35). The molecule has 0 bridgehead atoms. The molecule has 38 heavy (non-hydrogen) atoms. The number of rotatable bonds is 8. The molecular formula is C28H30BClFN7. The molecule has 2 heterocycles. The van der Waals surface area contributed by atoms with E-state index in [4.69, 9.17) is 11.6 Å². The lowest BCUT2D eigenvalue weighted by atomic mass is 9.69. The molecule has 2 aromatic heterocycles. The second kappa shape index (κ2) is 9.59. The minimum absolute atomic E-state index is 0.292. The quantitative estimate of drug-likeness (QED) is 0.288. The Labute approximate surface area is 227 Å². The number of benzene rings is 2. The highest BCUT2D eigenvalue weighted by atomic mass is 35.5. The van der Waals surface area contributed by atoms with Crippen LogP contribution in [0.15, 0.2) is 48.8 Å². The first-order chi connectivity index (χ1) is 18.0. The first-order valence-electron chi connectivity index (χ1n) is 12.8. The number of pyridine rings is 1. The summed E-state index contributed by atoms with van der Waals surface area (Å²) >= 11 is 6.76. The molecular weight excluding hydrogens is 500 g/mol. The lowest BCUT2D eigenvalue weighted by Crippen LogP contribution is -2.38. The number of aromatic nitrogens is 4. The number of nitriles is 1. The summed E-state index contributed by atoms with van der Waals surface area (Å²) in [5, 5.41) is 27.1. The smallest absolute Gasteiger partial charge is 0.148 e. The largest absolute Gasteiger partial charge is 0.378 e. The normalized spacial score (nSPS) is 15.3. The Kier molecular flexibility index (Phi) is 6.56. The van der Waals surface area contributed by atoms with Crippen molar-refractivity contribution in [2.75, 3.05) is 10.6 Å². The maximum absolute atomic E-state index is 13.8. The molecule has 2 N–H and O–H groups in total. The van der Waals surface area contributed by atoms with Crippen LogP contribution in [0, 0.1) is 23.1 Å². The second-order valence-electron chi connectivity index (χ2n) is 11.1. The lowest BCUT2D eigenvalue weighted by molar-refractivity contribution is 0.408. The predicted molar refractivity (Wildman–Crippen MR) is 152 cm³/mol. The molecule has 10 heteroatoms. The molecule has 2 aromatic carbocycles. The molecule has 1 aliphatic rings. The highest BCUT2D eigenvalue weighted by molar-refractivity contribution is 6.36. The average molecular weight is 530 g/mol. The van der Waals surface area contributed by atoms with Gasteiger partial charge in [0.25, 0.3) is 0 Å². The van der Waals surface area contributed by atoms with Gasteiger partial charge in [0.15, 0.2) is 0 Å². The zero-order valence-electron chi connectivity index (χ0n) is 22.2. The Morgan fingerprint density at radius 2 is 1.89 bits per heavy atom. The minimum atomic E-state index is -0.844. The van der Waals surface area contributed by atoms with Crippen molar-refractivity contribution < 1.29 is 4.39 Å². The monoisotopic (exact) mass is 529 g/mol. The van der Waals surface area contributed by atoms with Crippen LogP contribution in [0.2, 0.25) is 5.02 Å². The van der Waals surface area contributed by atoms with Crippen LogP contribution in [0.1, 0.15) is 63.4 Å². The van der Waals surface area contributed by atoms with E-state index in [1.807, 2.05) is 30.9 Å². The highest BCUT2D eigenvalue weighted by Gasteiger charge is 2.35. The van der Waals surface area contributed by atoms with Gasteiger partial charge in [0.05, 0.1) is 39.5 Å². The Balaban J connectivity index is 1.64. The first-order valence-corrected chi connectivity index (χ1v) is 13.2. The fourth-order valence-electron chi connectivity index (χ4n) is 4.40. The SMILES string of the molecule is BC(Nc1cc(Cl)c2ncc(C#N)c(NC(C)(C)C(C)C)c2c1)(c1ccc(F)cc1)c1cn(C2CC2)nn1. The molecule has 0 aliphatic heterocycles. The summed E-state index contributed by atoms with van der Waals surface area (Å²) in [5.41, 5.74) is 2.82. The molecule has 1 saturated carbocycles. The molecule has 5 rings (SSSR count). The van der Waals surface area contributed by atoms with Crippen molar-refractivity contribution in [1.29, 1.82) is 5.26 Å². The van der Waals surface area contributed by atoms with E-state index in [0.29, 0.717) is 45.1 Å². The summed E-state index contributed by atoms with van der Waals surface area (Å²) in [4.78, 5) is 4.49.